The highest BCUT2D eigenvalue weighted by atomic mass is 31.0. The molecule has 1 aromatic carbocycles. The number of aliphatic hydroxyl groups is 1. The van der Waals surface area contributed by atoms with Gasteiger partial charge < -0.3 is 14.4 Å². The first kappa shape index (κ1) is 17.3. The van der Waals surface area contributed by atoms with E-state index in [-0.39, 0.29) is 23.4 Å². The number of methoxy groups -OCH3 is 1. The number of hydrogen-bond acceptors (Lipinski definition) is 4. The molecular weight excluding hydrogens is 333 g/mol. The highest BCUT2D eigenvalue weighted by Crippen LogP contribution is 2.67. The van der Waals surface area contributed by atoms with E-state index in [9.17, 15) is 10.4 Å². The third-order valence-corrected chi connectivity index (χ3v) is 7.65. The standard InChI is InChI=1S/C20H26NO3P/c1-19-10-15(22)18-14-4-3-13(23-2)9-12(14)7-8-20(18,11-21)16(19)5-6-17(19)24-25/h3-4,9,15-18,22H,5-8,10,25H2,1-2H3/t15?,16?,17-,18?,19-,20+/m0/s1. The molecule has 2 fully saturated rings. The van der Waals surface area contributed by atoms with Gasteiger partial charge in [0.25, 0.3) is 0 Å². The van der Waals surface area contributed by atoms with Crippen molar-refractivity contribution < 1.29 is 14.4 Å². The number of aryl methyl sites for hydroxylation is 1. The number of fused-ring (bicyclic) bond motifs is 5. The number of rotatable bonds is 2. The second-order valence-electron chi connectivity index (χ2n) is 8.23. The Kier molecular flexibility index (Phi) is 4.11. The van der Waals surface area contributed by atoms with E-state index in [1.807, 2.05) is 6.07 Å². The van der Waals surface area contributed by atoms with Crippen molar-refractivity contribution in [2.24, 2.45) is 16.7 Å². The zero-order valence-corrected chi connectivity index (χ0v) is 16.0. The van der Waals surface area contributed by atoms with Gasteiger partial charge in [-0.05, 0) is 61.3 Å². The van der Waals surface area contributed by atoms with Crippen LogP contribution in [0.5, 0.6) is 5.75 Å². The Bertz CT molecular complexity index is 732. The number of aliphatic hydroxyl groups excluding tert-OH is 1. The molecule has 1 N–H and O–H groups in total. The van der Waals surface area contributed by atoms with Crippen LogP contribution in [0.3, 0.4) is 0 Å². The molecule has 134 valence electrons. The molecule has 5 heteroatoms. The second kappa shape index (κ2) is 5.95. The lowest BCUT2D eigenvalue weighted by Gasteiger charge is -2.56. The van der Waals surface area contributed by atoms with Crippen molar-refractivity contribution in [1.82, 2.24) is 0 Å². The smallest absolute Gasteiger partial charge is 0.119 e. The van der Waals surface area contributed by atoms with Gasteiger partial charge >= 0.3 is 0 Å². The van der Waals surface area contributed by atoms with E-state index in [0.29, 0.717) is 6.42 Å². The van der Waals surface area contributed by atoms with E-state index in [1.165, 1.54) is 5.56 Å². The summed E-state index contributed by atoms with van der Waals surface area (Å²) >= 11 is 0. The van der Waals surface area contributed by atoms with Crippen LogP contribution < -0.4 is 4.74 Å². The molecule has 1 aromatic rings. The Morgan fingerprint density at radius 3 is 2.84 bits per heavy atom. The molecule has 2 saturated carbocycles. The quantitative estimate of drug-likeness (QED) is 0.820. The van der Waals surface area contributed by atoms with E-state index in [2.05, 4.69) is 34.6 Å². The fraction of sp³-hybridized carbons (Fsp3) is 0.650. The minimum Gasteiger partial charge on any atom is -0.497 e. The molecule has 3 aliphatic carbocycles. The first-order chi connectivity index (χ1) is 12.0. The topological polar surface area (TPSA) is 62.5 Å². The second-order valence-corrected chi connectivity index (χ2v) is 8.50. The average molecular weight is 359 g/mol. The molecule has 0 amide bonds. The molecule has 4 rings (SSSR count). The minimum absolute atomic E-state index is 0.0978. The number of ether oxygens (including phenoxy) is 1. The van der Waals surface area contributed by atoms with Gasteiger partial charge in [0, 0.05) is 20.8 Å². The van der Waals surface area contributed by atoms with Crippen LogP contribution in [0.25, 0.3) is 0 Å². The monoisotopic (exact) mass is 359 g/mol. The van der Waals surface area contributed by atoms with Crippen LogP contribution in [0.4, 0.5) is 0 Å². The van der Waals surface area contributed by atoms with Gasteiger partial charge in [-0.15, -0.1) is 0 Å². The van der Waals surface area contributed by atoms with Gasteiger partial charge in [-0.3, -0.25) is 0 Å². The molecule has 25 heavy (non-hydrogen) atoms. The van der Waals surface area contributed by atoms with Crippen LogP contribution in [0.2, 0.25) is 0 Å². The zero-order valence-electron chi connectivity index (χ0n) is 14.9. The molecular formula is C20H26NO3P. The van der Waals surface area contributed by atoms with Gasteiger partial charge in [-0.1, -0.05) is 13.0 Å². The van der Waals surface area contributed by atoms with Crippen molar-refractivity contribution >= 4 is 9.47 Å². The Labute approximate surface area is 151 Å². The summed E-state index contributed by atoms with van der Waals surface area (Å²) < 4.78 is 11.0. The van der Waals surface area contributed by atoms with Crippen molar-refractivity contribution in [3.05, 3.63) is 29.3 Å². The lowest BCUT2D eigenvalue weighted by atomic mass is 9.47. The maximum atomic E-state index is 11.2. The van der Waals surface area contributed by atoms with Crippen LogP contribution in [-0.2, 0) is 10.9 Å². The van der Waals surface area contributed by atoms with Gasteiger partial charge in [0.2, 0.25) is 0 Å². The van der Waals surface area contributed by atoms with Crippen LogP contribution in [0.1, 0.15) is 49.7 Å². The average Bonchev–Trinajstić information content (AvgIpc) is 2.96. The number of hydrogen-bond donors (Lipinski definition) is 1. The number of nitrogens with zero attached hydrogens (tertiary/aromatic N) is 1. The molecule has 0 radical (unpaired) electrons. The van der Waals surface area contributed by atoms with Crippen LogP contribution >= 0.6 is 9.47 Å². The third-order valence-electron chi connectivity index (χ3n) is 7.33. The zero-order chi connectivity index (χ0) is 17.8. The van der Waals surface area contributed by atoms with E-state index < -0.39 is 11.5 Å². The lowest BCUT2D eigenvalue weighted by molar-refractivity contribution is -0.0972. The summed E-state index contributed by atoms with van der Waals surface area (Å²) in [6, 6.07) is 8.80. The summed E-state index contributed by atoms with van der Waals surface area (Å²) in [5.41, 5.74) is 1.71. The highest BCUT2D eigenvalue weighted by Gasteiger charge is 2.65. The minimum atomic E-state index is -0.519. The Morgan fingerprint density at radius 1 is 1.36 bits per heavy atom. The molecule has 0 heterocycles. The van der Waals surface area contributed by atoms with Crippen molar-refractivity contribution in [2.75, 3.05) is 7.11 Å². The van der Waals surface area contributed by atoms with Gasteiger partial charge in [0.15, 0.2) is 0 Å². The predicted octanol–water partition coefficient (Wildman–Crippen LogP) is 3.59. The summed E-state index contributed by atoms with van der Waals surface area (Å²) in [4.78, 5) is 0. The molecule has 4 nitrogen and oxygen atoms in total. The predicted molar refractivity (Wildman–Crippen MR) is 98.1 cm³/mol. The Hall–Kier alpha value is -1.14. The molecule has 0 spiro atoms. The first-order valence-electron chi connectivity index (χ1n) is 9.12. The van der Waals surface area contributed by atoms with Gasteiger partial charge in [0.1, 0.15) is 5.75 Å². The van der Waals surface area contributed by atoms with E-state index in [1.54, 1.807) is 7.11 Å². The molecule has 0 saturated heterocycles. The summed E-state index contributed by atoms with van der Waals surface area (Å²) in [6.45, 7) is 2.21. The number of benzene rings is 1. The molecule has 7 atom stereocenters. The first-order valence-corrected chi connectivity index (χ1v) is 9.59. The largest absolute Gasteiger partial charge is 0.497 e. The maximum absolute atomic E-state index is 11.2. The van der Waals surface area contributed by atoms with Crippen LogP contribution in [-0.4, -0.2) is 24.4 Å². The summed E-state index contributed by atoms with van der Waals surface area (Å²) in [6.07, 6.45) is 3.89. The van der Waals surface area contributed by atoms with E-state index >= 15 is 0 Å². The molecule has 0 aliphatic heterocycles. The highest BCUT2D eigenvalue weighted by molar-refractivity contribution is 7.09. The van der Waals surface area contributed by atoms with Crippen molar-refractivity contribution in [2.45, 2.75) is 57.2 Å². The lowest BCUT2D eigenvalue weighted by Crippen LogP contribution is -2.56. The fourth-order valence-corrected chi connectivity index (χ4v) is 6.71. The van der Waals surface area contributed by atoms with Crippen LogP contribution in [0.15, 0.2) is 18.2 Å². The summed E-state index contributed by atoms with van der Waals surface area (Å²) in [5.74, 6) is 0.989. The summed E-state index contributed by atoms with van der Waals surface area (Å²) in [7, 11) is 4.07. The molecule has 3 aliphatic rings. The van der Waals surface area contributed by atoms with E-state index in [0.717, 1.165) is 37.0 Å². The van der Waals surface area contributed by atoms with Crippen molar-refractivity contribution in [3.8, 4) is 11.8 Å². The Morgan fingerprint density at radius 2 is 2.16 bits per heavy atom. The van der Waals surface area contributed by atoms with Crippen LogP contribution in [0, 0.1) is 28.1 Å². The van der Waals surface area contributed by atoms with Gasteiger partial charge in [-0.25, -0.2) is 0 Å². The number of nitriles is 1. The molecule has 4 unspecified atom stereocenters. The van der Waals surface area contributed by atoms with E-state index in [4.69, 9.17) is 9.26 Å². The molecule has 0 bridgehead atoms. The SMILES string of the molecule is COc1ccc2c(c1)CC[C@]1(C#N)C2C(O)C[C@@]2(C)C1CC[C@@H]2OP. The van der Waals surface area contributed by atoms with Gasteiger partial charge in [-0.2, -0.15) is 5.26 Å². The third kappa shape index (κ3) is 2.23. The van der Waals surface area contributed by atoms with Crippen molar-refractivity contribution in [3.63, 3.8) is 0 Å². The Balaban J connectivity index is 1.83. The van der Waals surface area contributed by atoms with Crippen molar-refractivity contribution in [1.29, 1.82) is 5.26 Å². The maximum Gasteiger partial charge on any atom is 0.119 e. The fourth-order valence-electron chi connectivity index (χ4n) is 6.26. The normalized spacial score (nSPS) is 42.0. The summed E-state index contributed by atoms with van der Waals surface area (Å²) in [5, 5.41) is 21.5. The van der Waals surface area contributed by atoms with Gasteiger partial charge in [0.05, 0.1) is 30.8 Å². The molecule has 0 aromatic heterocycles.